The predicted molar refractivity (Wildman–Crippen MR) is 112 cm³/mol. The molecule has 1 atom stereocenters. The molecular weight excluding hydrogens is 384 g/mol. The predicted octanol–water partition coefficient (Wildman–Crippen LogP) is 0.351. The van der Waals surface area contributed by atoms with Crippen molar-refractivity contribution in [3.63, 3.8) is 0 Å². The molecule has 0 N–H and O–H groups in total. The van der Waals surface area contributed by atoms with E-state index in [9.17, 15) is 14.4 Å². The van der Waals surface area contributed by atoms with E-state index in [4.69, 9.17) is 4.74 Å². The van der Waals surface area contributed by atoms with Crippen LogP contribution in [-0.2, 0) is 19.1 Å². The van der Waals surface area contributed by atoms with Gasteiger partial charge < -0.3 is 19.4 Å². The van der Waals surface area contributed by atoms with Gasteiger partial charge in [0.2, 0.25) is 17.7 Å². The first kappa shape index (κ1) is 20.8. The first-order valence-corrected chi connectivity index (χ1v) is 10.7. The first-order chi connectivity index (χ1) is 14.5. The molecule has 0 spiro atoms. The summed E-state index contributed by atoms with van der Waals surface area (Å²) in [4.78, 5) is 45.4. The molecule has 3 aliphatic heterocycles. The molecule has 4 rings (SSSR count). The van der Waals surface area contributed by atoms with E-state index in [2.05, 4.69) is 4.90 Å². The molecule has 3 heterocycles. The molecule has 8 heteroatoms. The number of amides is 3. The lowest BCUT2D eigenvalue weighted by Gasteiger charge is -2.36. The van der Waals surface area contributed by atoms with Crippen LogP contribution in [0.25, 0.3) is 0 Å². The quantitative estimate of drug-likeness (QED) is 0.711. The lowest BCUT2D eigenvalue weighted by Crippen LogP contribution is -2.53. The number of hydrogen-bond acceptors (Lipinski definition) is 5. The van der Waals surface area contributed by atoms with E-state index in [-0.39, 0.29) is 30.1 Å². The third-order valence-electron chi connectivity index (χ3n) is 6.23. The molecule has 0 unspecified atom stereocenters. The zero-order valence-electron chi connectivity index (χ0n) is 17.6. The molecule has 0 aromatic heterocycles. The Morgan fingerprint density at radius 2 is 1.63 bits per heavy atom. The molecule has 0 aliphatic carbocycles. The number of nitrogens with zero attached hydrogens (tertiary/aromatic N) is 4. The zero-order chi connectivity index (χ0) is 21.1. The molecule has 1 aromatic carbocycles. The Morgan fingerprint density at radius 3 is 2.30 bits per heavy atom. The maximum Gasteiger partial charge on any atom is 0.236 e. The van der Waals surface area contributed by atoms with Gasteiger partial charge in [0.25, 0.3) is 0 Å². The molecule has 3 fully saturated rings. The van der Waals surface area contributed by atoms with E-state index < -0.39 is 0 Å². The Balaban J connectivity index is 1.26. The van der Waals surface area contributed by atoms with Crippen molar-refractivity contribution in [2.75, 3.05) is 70.5 Å². The van der Waals surface area contributed by atoms with Gasteiger partial charge in [-0.05, 0) is 19.1 Å². The summed E-state index contributed by atoms with van der Waals surface area (Å²) in [6.07, 6.45) is 0.266. The number of rotatable bonds is 4. The van der Waals surface area contributed by atoms with Crippen LogP contribution in [-0.4, -0.2) is 98.0 Å². The van der Waals surface area contributed by atoms with Crippen molar-refractivity contribution in [1.29, 1.82) is 0 Å². The maximum atomic E-state index is 13.0. The average molecular weight is 415 g/mol. The van der Waals surface area contributed by atoms with Crippen LogP contribution in [0.5, 0.6) is 0 Å². The monoisotopic (exact) mass is 414 g/mol. The summed E-state index contributed by atoms with van der Waals surface area (Å²) >= 11 is 0. The Bertz CT molecular complexity index is 783. The number of benzene rings is 1. The third-order valence-corrected chi connectivity index (χ3v) is 6.23. The van der Waals surface area contributed by atoms with Crippen molar-refractivity contribution in [3.8, 4) is 0 Å². The Labute approximate surface area is 177 Å². The van der Waals surface area contributed by atoms with Gasteiger partial charge in [-0.1, -0.05) is 17.7 Å². The van der Waals surface area contributed by atoms with Crippen molar-refractivity contribution in [2.45, 2.75) is 13.3 Å². The summed E-state index contributed by atoms with van der Waals surface area (Å²) in [6, 6.07) is 7.83. The van der Waals surface area contributed by atoms with Crippen LogP contribution < -0.4 is 4.90 Å². The molecule has 8 nitrogen and oxygen atoms in total. The standard InChI is InChI=1S/C22H30N4O4/c1-17-2-4-19(5-3-17)26-15-18(14-20(26)27)22(29)25-8-6-23(7-9-25)16-21(28)24-10-12-30-13-11-24/h2-5,18H,6-16H2,1H3/t18-/m1/s1. The van der Waals surface area contributed by atoms with Crippen LogP contribution in [0.4, 0.5) is 5.69 Å². The van der Waals surface area contributed by atoms with Gasteiger partial charge in [0.1, 0.15) is 0 Å². The average Bonchev–Trinajstić information content (AvgIpc) is 3.16. The molecule has 3 saturated heterocycles. The van der Waals surface area contributed by atoms with Crippen LogP contribution in [0.2, 0.25) is 0 Å². The Morgan fingerprint density at radius 1 is 0.967 bits per heavy atom. The zero-order valence-corrected chi connectivity index (χ0v) is 17.6. The molecule has 0 bridgehead atoms. The van der Waals surface area contributed by atoms with Crippen LogP contribution >= 0.6 is 0 Å². The maximum absolute atomic E-state index is 13.0. The van der Waals surface area contributed by atoms with E-state index in [1.54, 1.807) is 4.90 Å². The van der Waals surface area contributed by atoms with E-state index in [1.807, 2.05) is 41.0 Å². The lowest BCUT2D eigenvalue weighted by atomic mass is 10.1. The topological polar surface area (TPSA) is 73.4 Å². The number of anilines is 1. The smallest absolute Gasteiger partial charge is 0.236 e. The lowest BCUT2D eigenvalue weighted by molar-refractivity contribution is -0.139. The van der Waals surface area contributed by atoms with Crippen LogP contribution in [0, 0.1) is 12.8 Å². The SMILES string of the molecule is Cc1ccc(N2C[C@H](C(=O)N3CCN(CC(=O)N4CCOCC4)CC3)CC2=O)cc1. The molecule has 0 radical (unpaired) electrons. The van der Waals surface area contributed by atoms with Crippen LogP contribution in [0.3, 0.4) is 0 Å². The summed E-state index contributed by atoms with van der Waals surface area (Å²) in [7, 11) is 0. The van der Waals surface area contributed by atoms with Crippen molar-refractivity contribution >= 4 is 23.4 Å². The number of carbonyl (C=O) groups excluding carboxylic acids is 3. The van der Waals surface area contributed by atoms with Gasteiger partial charge in [0, 0.05) is 57.9 Å². The minimum atomic E-state index is -0.291. The molecule has 0 saturated carbocycles. The second kappa shape index (κ2) is 9.14. The number of hydrogen-bond donors (Lipinski definition) is 0. The highest BCUT2D eigenvalue weighted by Gasteiger charge is 2.38. The van der Waals surface area contributed by atoms with E-state index >= 15 is 0 Å². The third kappa shape index (κ3) is 4.65. The Hall–Kier alpha value is -2.45. The minimum Gasteiger partial charge on any atom is -0.378 e. The second-order valence-corrected chi connectivity index (χ2v) is 8.34. The van der Waals surface area contributed by atoms with Gasteiger partial charge in [-0.25, -0.2) is 0 Å². The molecule has 3 amide bonds. The van der Waals surface area contributed by atoms with Gasteiger partial charge >= 0.3 is 0 Å². The number of morpholine rings is 1. The summed E-state index contributed by atoms with van der Waals surface area (Å²) < 4.78 is 5.30. The highest BCUT2D eigenvalue weighted by molar-refractivity contribution is 6.00. The fourth-order valence-electron chi connectivity index (χ4n) is 4.34. The van der Waals surface area contributed by atoms with Crippen LogP contribution in [0.1, 0.15) is 12.0 Å². The van der Waals surface area contributed by atoms with Gasteiger partial charge in [-0.2, -0.15) is 0 Å². The van der Waals surface area contributed by atoms with Gasteiger partial charge in [0.05, 0.1) is 25.7 Å². The Kier molecular flexibility index (Phi) is 6.34. The molecular formula is C22H30N4O4. The summed E-state index contributed by atoms with van der Waals surface area (Å²) in [5.41, 5.74) is 2.00. The minimum absolute atomic E-state index is 0.00643. The van der Waals surface area contributed by atoms with Crippen molar-refractivity contribution < 1.29 is 19.1 Å². The first-order valence-electron chi connectivity index (χ1n) is 10.7. The van der Waals surface area contributed by atoms with Crippen molar-refractivity contribution in [1.82, 2.24) is 14.7 Å². The summed E-state index contributed by atoms with van der Waals surface area (Å²) in [6.45, 7) is 7.94. The van der Waals surface area contributed by atoms with Crippen molar-refractivity contribution in [3.05, 3.63) is 29.8 Å². The molecule has 3 aliphatic rings. The largest absolute Gasteiger partial charge is 0.378 e. The number of piperazine rings is 1. The second-order valence-electron chi connectivity index (χ2n) is 8.34. The van der Waals surface area contributed by atoms with Crippen LogP contribution in [0.15, 0.2) is 24.3 Å². The highest BCUT2D eigenvalue weighted by Crippen LogP contribution is 2.27. The fourth-order valence-corrected chi connectivity index (χ4v) is 4.34. The van der Waals surface area contributed by atoms with Crippen molar-refractivity contribution in [2.24, 2.45) is 5.92 Å². The molecule has 30 heavy (non-hydrogen) atoms. The number of ether oxygens (including phenoxy) is 1. The normalized spacial score (nSPS) is 23.2. The summed E-state index contributed by atoms with van der Waals surface area (Å²) in [5, 5.41) is 0. The van der Waals surface area contributed by atoms with E-state index in [1.165, 1.54) is 0 Å². The number of carbonyl (C=O) groups is 3. The van der Waals surface area contributed by atoms with Gasteiger partial charge in [0.15, 0.2) is 0 Å². The van der Waals surface area contributed by atoms with Gasteiger partial charge in [-0.3, -0.25) is 19.3 Å². The molecule has 1 aromatic rings. The number of aryl methyl sites for hydroxylation is 1. The van der Waals surface area contributed by atoms with E-state index in [0.717, 1.165) is 11.3 Å². The fraction of sp³-hybridized carbons (Fsp3) is 0.591. The molecule has 162 valence electrons. The van der Waals surface area contributed by atoms with E-state index in [0.29, 0.717) is 65.6 Å². The highest BCUT2D eigenvalue weighted by atomic mass is 16.5. The van der Waals surface area contributed by atoms with Gasteiger partial charge in [-0.15, -0.1) is 0 Å². The summed E-state index contributed by atoms with van der Waals surface area (Å²) in [5.74, 6) is -0.0994.